The number of hydrogen-bond donors (Lipinski definition) is 0. The highest BCUT2D eigenvalue weighted by molar-refractivity contribution is 6.15. The normalized spacial score (nSPS) is 12.1. The van der Waals surface area contributed by atoms with Crippen LogP contribution < -0.4 is 0 Å². The van der Waals surface area contributed by atoms with Crippen molar-refractivity contribution in [2.75, 3.05) is 0 Å². The van der Waals surface area contributed by atoms with Crippen LogP contribution in [0.3, 0.4) is 0 Å². The molecule has 3 aromatic heterocycles. The molecule has 16 rings (SSSR count). The van der Waals surface area contributed by atoms with E-state index in [1.807, 2.05) is 66.7 Å². The van der Waals surface area contributed by atoms with E-state index in [0.29, 0.717) is 18.2 Å². The molecular weight excluding hydrogens is 1080 g/mol. The molecule has 13 aromatic carbocycles. The summed E-state index contributed by atoms with van der Waals surface area (Å²) in [6.07, 6.45) is 0. The van der Waals surface area contributed by atoms with Crippen LogP contribution in [0.2, 0.25) is 0 Å². The predicted octanol–water partition coefficient (Wildman–Crippen LogP) is 21.5. The van der Waals surface area contributed by atoms with Gasteiger partial charge in [0.2, 0.25) is 0 Å². The van der Waals surface area contributed by atoms with E-state index >= 15 is 0 Å². The molecule has 0 aliphatic carbocycles. The lowest BCUT2D eigenvalue weighted by Crippen LogP contribution is -2.05. The van der Waals surface area contributed by atoms with E-state index < -0.39 is 0 Å². The maximum Gasteiger partial charge on any atom is 0.161 e. The number of fused-ring (bicyclic) bond motifs is 9. The molecule has 0 unspecified atom stereocenters. The molecule has 0 fully saturated rings. The first kappa shape index (κ1) is 52.8. The van der Waals surface area contributed by atoms with Gasteiger partial charge in [-0.15, -0.1) is 0 Å². The third-order valence-electron chi connectivity index (χ3n) is 17.3. The van der Waals surface area contributed by atoms with Gasteiger partial charge in [-0.1, -0.05) is 212 Å². The molecule has 0 spiro atoms. The molecule has 3 heterocycles. The number of rotatable bonds is 11. The van der Waals surface area contributed by atoms with Crippen LogP contribution in [0.15, 0.2) is 323 Å². The summed E-state index contributed by atoms with van der Waals surface area (Å²) in [7, 11) is 0. The summed E-state index contributed by atoms with van der Waals surface area (Å²) >= 11 is 0. The number of aliphatic imine (C=N–C) groups is 3. The van der Waals surface area contributed by atoms with Gasteiger partial charge < -0.3 is 13.6 Å². The van der Waals surface area contributed by atoms with Gasteiger partial charge >= 0.3 is 0 Å². The minimum Gasteiger partial charge on any atom is -0.455 e. The van der Waals surface area contributed by atoms with E-state index in [1.54, 1.807) is 0 Å². The van der Waals surface area contributed by atoms with Crippen LogP contribution in [0.4, 0.5) is 0 Å². The van der Waals surface area contributed by atoms with Crippen molar-refractivity contribution in [2.45, 2.75) is 13.5 Å². The maximum atomic E-state index is 6.74. The minimum absolute atomic E-state index is 0.439. The van der Waals surface area contributed by atoms with Gasteiger partial charge in [-0.05, 0) is 166 Å². The fourth-order valence-electron chi connectivity index (χ4n) is 13.0. The topological polar surface area (TPSA) is 60.1 Å². The zero-order valence-electron chi connectivity index (χ0n) is 48.9. The lowest BCUT2D eigenvalue weighted by atomic mass is 9.93. The molecule has 0 amide bonds. The van der Waals surface area contributed by atoms with Crippen molar-refractivity contribution >= 4 is 83.9 Å². The van der Waals surface area contributed by atoms with Crippen LogP contribution in [-0.4, -0.2) is 27.5 Å². The summed E-state index contributed by atoms with van der Waals surface area (Å²) in [5, 5.41) is 7.12. The van der Waals surface area contributed by atoms with Gasteiger partial charge in [0.25, 0.3) is 0 Å². The first-order valence-electron chi connectivity index (χ1n) is 30.2. The van der Waals surface area contributed by atoms with E-state index in [9.17, 15) is 0 Å². The van der Waals surface area contributed by atoms with Gasteiger partial charge in [0.15, 0.2) is 11.7 Å². The van der Waals surface area contributed by atoms with Crippen molar-refractivity contribution in [1.29, 1.82) is 0 Å². The molecule has 89 heavy (non-hydrogen) atoms. The molecule has 0 N–H and O–H groups in total. The van der Waals surface area contributed by atoms with Gasteiger partial charge in [0.1, 0.15) is 11.2 Å². The second-order valence-corrected chi connectivity index (χ2v) is 22.9. The van der Waals surface area contributed by atoms with Crippen molar-refractivity contribution in [2.24, 2.45) is 15.0 Å². The average molecular weight is 1140 g/mol. The number of aryl methyl sites for hydroxylation is 1. The van der Waals surface area contributed by atoms with Crippen LogP contribution in [0.25, 0.3) is 133 Å². The Bertz CT molecular complexity index is 5470. The maximum absolute atomic E-state index is 6.74. The number of nitrogens with zero attached hydrogens (tertiary/aromatic N) is 5. The monoisotopic (exact) mass is 1140 g/mol. The molecule has 420 valence electrons. The van der Waals surface area contributed by atoms with Gasteiger partial charge in [-0.2, -0.15) is 0 Å². The SMILES string of the molecule is C=N/C(=N\C(=N/Cc1cccc(-c2ccc(-c3cc(-c4cccc(-c5cccc(-n6c7ccccc7c7cc(-c8ccc9c(c8)c8cc(C)ccc8n9-c8ccccc8)ccc76)c5)c4)cc4c3oc3ccccc34)cc2)c1)c1ccccc1)c1ccccc1. The van der Waals surface area contributed by atoms with E-state index in [4.69, 9.17) is 14.4 Å². The number of aromatic nitrogens is 2. The summed E-state index contributed by atoms with van der Waals surface area (Å²) in [6, 6.07) is 108. The van der Waals surface area contributed by atoms with Gasteiger partial charge in [-0.25, -0.2) is 9.98 Å². The lowest BCUT2D eigenvalue weighted by Gasteiger charge is -2.13. The fourth-order valence-corrected chi connectivity index (χ4v) is 13.0. The first-order valence-corrected chi connectivity index (χ1v) is 30.2. The second kappa shape index (κ2) is 22.3. The third-order valence-corrected chi connectivity index (χ3v) is 17.3. The summed E-state index contributed by atoms with van der Waals surface area (Å²) in [4.78, 5) is 14.3. The Kier molecular flexibility index (Phi) is 13.2. The third kappa shape index (κ3) is 9.70. The quantitative estimate of drug-likeness (QED) is 0.0940. The second-order valence-electron chi connectivity index (χ2n) is 22.9. The van der Waals surface area contributed by atoms with Crippen molar-refractivity contribution in [3.8, 4) is 67.0 Å². The van der Waals surface area contributed by atoms with Crippen molar-refractivity contribution < 1.29 is 4.42 Å². The molecule has 0 atom stereocenters. The Morgan fingerprint density at radius 3 is 1.56 bits per heavy atom. The summed E-state index contributed by atoms with van der Waals surface area (Å²) in [5.74, 6) is 1.13. The fraction of sp³-hybridized carbons (Fsp3) is 0.0241. The standard InChI is InChI=1S/C83H57N5O/c1-54-35-42-77-72(45-54)74-50-65(41-44-79(74)87(77)67-28-10-5-11-29-67)64-40-43-78-73(49-64)69-31-12-14-33-76(69)88(78)68-30-18-27-63(48-68)61-25-17-26-62(47-61)66-51-71(81-75(52-66)70-32-13-15-34-80(70)89-81)57-38-36-56(37-39-57)60-24-16-19-55(46-60)53-85-83(59-22-8-4-9-23-59)86-82(84-2)58-20-6-3-7-21-58/h3-52H,2,53H2,1H3/b85-83-,86-82-. The zero-order chi connectivity index (χ0) is 59.4. The summed E-state index contributed by atoms with van der Waals surface area (Å²) < 4.78 is 11.5. The van der Waals surface area contributed by atoms with Crippen molar-refractivity contribution in [1.82, 2.24) is 9.13 Å². The van der Waals surface area contributed by atoms with Gasteiger partial charge in [0, 0.05) is 60.4 Å². The average Bonchev–Trinajstić information content (AvgIpc) is 2.27. The Morgan fingerprint density at radius 2 is 0.843 bits per heavy atom. The molecule has 0 bridgehead atoms. The Morgan fingerprint density at radius 1 is 0.348 bits per heavy atom. The number of hydrogen-bond acceptors (Lipinski definition) is 2. The molecule has 6 nitrogen and oxygen atoms in total. The van der Waals surface area contributed by atoms with E-state index in [-0.39, 0.29) is 0 Å². The number of furan rings is 1. The zero-order valence-corrected chi connectivity index (χ0v) is 48.9. The summed E-state index contributed by atoms with van der Waals surface area (Å²) in [6.45, 7) is 6.45. The lowest BCUT2D eigenvalue weighted by molar-refractivity contribution is 0.670. The Hall–Kier alpha value is -11.7. The molecule has 6 heteroatoms. The van der Waals surface area contributed by atoms with E-state index in [1.165, 1.54) is 54.8 Å². The number of benzene rings is 13. The summed E-state index contributed by atoms with van der Waals surface area (Å²) in [5.41, 5.74) is 24.1. The molecule has 0 saturated carbocycles. The smallest absolute Gasteiger partial charge is 0.161 e. The van der Waals surface area contributed by atoms with Crippen molar-refractivity contribution in [3.05, 3.63) is 326 Å². The largest absolute Gasteiger partial charge is 0.455 e. The van der Waals surface area contributed by atoms with E-state index in [2.05, 4.69) is 264 Å². The minimum atomic E-state index is 0.439. The molecule has 0 aliphatic rings. The van der Waals surface area contributed by atoms with Crippen LogP contribution in [-0.2, 0) is 6.54 Å². The number of para-hydroxylation sites is 3. The number of amidine groups is 2. The highest BCUT2D eigenvalue weighted by Crippen LogP contribution is 2.43. The Balaban J connectivity index is 0.720. The highest BCUT2D eigenvalue weighted by atomic mass is 16.3. The van der Waals surface area contributed by atoms with Crippen LogP contribution >= 0.6 is 0 Å². The predicted molar refractivity (Wildman–Crippen MR) is 374 cm³/mol. The van der Waals surface area contributed by atoms with Crippen molar-refractivity contribution in [3.63, 3.8) is 0 Å². The molecule has 0 saturated heterocycles. The Labute approximate surface area is 515 Å². The molecular formula is C83H57N5O. The van der Waals surface area contributed by atoms with Crippen LogP contribution in [0.5, 0.6) is 0 Å². The van der Waals surface area contributed by atoms with Crippen LogP contribution in [0.1, 0.15) is 22.3 Å². The highest BCUT2D eigenvalue weighted by Gasteiger charge is 2.20. The van der Waals surface area contributed by atoms with E-state index in [0.717, 1.165) is 100 Å². The first-order chi connectivity index (χ1) is 44.0. The van der Waals surface area contributed by atoms with Gasteiger partial charge in [-0.3, -0.25) is 4.99 Å². The molecule has 16 aromatic rings. The van der Waals surface area contributed by atoms with Crippen LogP contribution in [0, 0.1) is 6.92 Å². The van der Waals surface area contributed by atoms with Gasteiger partial charge in [0.05, 0.1) is 28.6 Å². The molecule has 0 radical (unpaired) electrons. The molecule has 0 aliphatic heterocycles.